The van der Waals surface area contributed by atoms with E-state index < -0.39 is 0 Å². The molecule has 0 unspecified atom stereocenters. The van der Waals surface area contributed by atoms with Crippen molar-refractivity contribution in [2.24, 2.45) is 5.92 Å². The summed E-state index contributed by atoms with van der Waals surface area (Å²) in [7, 11) is 0. The first-order valence-corrected chi connectivity index (χ1v) is 7.99. The zero-order chi connectivity index (χ0) is 15.5. The molecule has 3 rings (SSSR count). The molecule has 2 aromatic rings. The monoisotopic (exact) mass is 294 g/mol. The van der Waals surface area contributed by atoms with Crippen molar-refractivity contribution in [3.8, 4) is 6.07 Å². The number of nitriles is 1. The maximum Gasteiger partial charge on any atom is 0.101 e. The molecule has 1 aromatic heterocycles. The van der Waals surface area contributed by atoms with Gasteiger partial charge in [-0.1, -0.05) is 13.8 Å². The van der Waals surface area contributed by atoms with E-state index in [1.54, 1.807) is 6.20 Å². The average Bonchev–Trinajstić information content (AvgIpc) is 2.53. The quantitative estimate of drug-likeness (QED) is 0.945. The van der Waals surface area contributed by atoms with E-state index in [2.05, 4.69) is 47.3 Å². The summed E-state index contributed by atoms with van der Waals surface area (Å²) in [6.45, 7) is 7.53. The van der Waals surface area contributed by atoms with Gasteiger partial charge in [0.2, 0.25) is 0 Å². The van der Waals surface area contributed by atoms with Crippen LogP contribution in [-0.4, -0.2) is 30.7 Å². The van der Waals surface area contributed by atoms with Crippen molar-refractivity contribution in [2.75, 3.05) is 24.5 Å². The van der Waals surface area contributed by atoms with Gasteiger partial charge in [0.25, 0.3) is 0 Å². The van der Waals surface area contributed by atoms with Gasteiger partial charge in [0.1, 0.15) is 6.07 Å². The Hall–Kier alpha value is -2.12. The van der Waals surface area contributed by atoms with Crippen molar-refractivity contribution in [1.82, 2.24) is 10.3 Å². The lowest BCUT2D eigenvalue weighted by Gasteiger charge is -2.38. The van der Waals surface area contributed by atoms with Gasteiger partial charge in [-0.3, -0.25) is 4.98 Å². The molecule has 114 valence electrons. The second kappa shape index (κ2) is 6.33. The van der Waals surface area contributed by atoms with Gasteiger partial charge in [-0.05, 0) is 43.1 Å². The van der Waals surface area contributed by atoms with E-state index in [4.69, 9.17) is 0 Å². The number of likely N-dealkylation sites (N-methyl/N-ethyl adjacent to an activating group) is 1. The van der Waals surface area contributed by atoms with Crippen molar-refractivity contribution in [1.29, 1.82) is 5.26 Å². The lowest BCUT2D eigenvalue weighted by molar-refractivity contribution is 0.356. The molecule has 4 nitrogen and oxygen atoms in total. The second-order valence-electron chi connectivity index (χ2n) is 6.14. The van der Waals surface area contributed by atoms with Gasteiger partial charge in [-0.25, -0.2) is 0 Å². The van der Waals surface area contributed by atoms with Crippen LogP contribution in [0.5, 0.6) is 0 Å². The van der Waals surface area contributed by atoms with Crippen LogP contribution in [0.3, 0.4) is 0 Å². The number of rotatable bonds is 3. The minimum atomic E-state index is 0.524. The summed E-state index contributed by atoms with van der Waals surface area (Å²) in [6, 6.07) is 10.8. The van der Waals surface area contributed by atoms with E-state index >= 15 is 0 Å². The Morgan fingerprint density at radius 2 is 2.23 bits per heavy atom. The minimum Gasteiger partial charge on any atom is -0.369 e. The average molecular weight is 294 g/mol. The highest BCUT2D eigenvalue weighted by molar-refractivity contribution is 5.95. The number of hydrogen-bond acceptors (Lipinski definition) is 4. The van der Waals surface area contributed by atoms with Crippen LogP contribution in [0, 0.1) is 17.2 Å². The molecule has 1 aromatic carbocycles. The molecule has 0 saturated carbocycles. The van der Waals surface area contributed by atoms with Crippen molar-refractivity contribution < 1.29 is 0 Å². The Balaban J connectivity index is 2.01. The van der Waals surface area contributed by atoms with Crippen LogP contribution in [0.1, 0.15) is 25.8 Å². The predicted octanol–water partition coefficient (Wildman–Crippen LogP) is 2.93. The normalized spacial score (nSPS) is 21.8. The van der Waals surface area contributed by atoms with Crippen LogP contribution in [-0.2, 0) is 0 Å². The van der Waals surface area contributed by atoms with Crippen molar-refractivity contribution in [3.63, 3.8) is 0 Å². The van der Waals surface area contributed by atoms with E-state index in [0.717, 1.165) is 30.5 Å². The zero-order valence-electron chi connectivity index (χ0n) is 13.2. The fourth-order valence-corrected chi connectivity index (χ4v) is 3.51. The molecule has 22 heavy (non-hydrogen) atoms. The molecule has 1 N–H and O–H groups in total. The van der Waals surface area contributed by atoms with Gasteiger partial charge < -0.3 is 10.2 Å². The maximum absolute atomic E-state index is 9.28. The Kier molecular flexibility index (Phi) is 4.26. The summed E-state index contributed by atoms with van der Waals surface area (Å²) >= 11 is 0. The number of nitrogens with one attached hydrogen (secondary N) is 1. The molecule has 0 radical (unpaired) electrons. The lowest BCUT2D eigenvalue weighted by Crippen LogP contribution is -2.48. The highest BCUT2D eigenvalue weighted by Crippen LogP contribution is 2.31. The Labute approximate surface area is 131 Å². The third-order valence-electron chi connectivity index (χ3n) is 4.36. The third-order valence-corrected chi connectivity index (χ3v) is 4.36. The smallest absolute Gasteiger partial charge is 0.101 e. The molecule has 2 heterocycles. The predicted molar refractivity (Wildman–Crippen MR) is 89.9 cm³/mol. The van der Waals surface area contributed by atoms with Crippen molar-refractivity contribution in [2.45, 2.75) is 26.3 Å². The molecular formula is C18H22N4. The Morgan fingerprint density at radius 3 is 3.00 bits per heavy atom. The first kappa shape index (κ1) is 14.8. The van der Waals surface area contributed by atoms with Gasteiger partial charge in [0, 0.05) is 36.4 Å². The fourth-order valence-electron chi connectivity index (χ4n) is 3.51. The Bertz CT molecular complexity index is 704. The molecule has 0 spiro atoms. The largest absolute Gasteiger partial charge is 0.369 e. The molecule has 1 fully saturated rings. The SMILES string of the molecule is CCN[C@@H]1C[C@H](C)CN(c2ccc(C#N)c3ncccc23)C1. The minimum absolute atomic E-state index is 0.524. The van der Waals surface area contributed by atoms with Gasteiger partial charge >= 0.3 is 0 Å². The molecule has 2 atom stereocenters. The summed E-state index contributed by atoms with van der Waals surface area (Å²) in [5, 5.41) is 13.9. The fraction of sp³-hybridized carbons (Fsp3) is 0.444. The molecule has 1 saturated heterocycles. The highest BCUT2D eigenvalue weighted by atomic mass is 15.2. The number of benzene rings is 1. The third kappa shape index (κ3) is 2.77. The maximum atomic E-state index is 9.28. The first-order valence-electron chi connectivity index (χ1n) is 7.99. The van der Waals surface area contributed by atoms with E-state index in [0.29, 0.717) is 17.5 Å². The standard InChI is InChI=1S/C18H22N4/c1-3-20-15-9-13(2)11-22(12-15)17-7-6-14(10-19)18-16(17)5-4-8-21-18/h4-8,13,15,20H,3,9,11-12H2,1-2H3/t13-,15+/m0/s1. The van der Waals surface area contributed by atoms with Crippen LogP contribution in [0.25, 0.3) is 10.9 Å². The van der Waals surface area contributed by atoms with Crippen LogP contribution >= 0.6 is 0 Å². The van der Waals surface area contributed by atoms with Gasteiger partial charge in [-0.15, -0.1) is 0 Å². The molecule has 1 aliphatic rings. The van der Waals surface area contributed by atoms with Crippen LogP contribution < -0.4 is 10.2 Å². The number of anilines is 1. The van der Waals surface area contributed by atoms with E-state index in [9.17, 15) is 5.26 Å². The lowest BCUT2D eigenvalue weighted by atomic mass is 9.94. The molecule has 0 bridgehead atoms. The zero-order valence-corrected chi connectivity index (χ0v) is 13.2. The first-order chi connectivity index (χ1) is 10.7. The van der Waals surface area contributed by atoms with E-state index in [1.165, 1.54) is 12.1 Å². The van der Waals surface area contributed by atoms with E-state index in [1.807, 2.05) is 12.1 Å². The van der Waals surface area contributed by atoms with Crippen molar-refractivity contribution >= 4 is 16.6 Å². The molecule has 4 heteroatoms. The summed E-state index contributed by atoms with van der Waals surface area (Å²) in [5.74, 6) is 0.653. The molecule has 0 aliphatic carbocycles. The number of pyridine rings is 1. The number of hydrogen-bond donors (Lipinski definition) is 1. The van der Waals surface area contributed by atoms with Gasteiger partial charge in [-0.2, -0.15) is 5.26 Å². The topological polar surface area (TPSA) is 52.0 Å². The number of nitrogens with zero attached hydrogens (tertiary/aromatic N) is 3. The highest BCUT2D eigenvalue weighted by Gasteiger charge is 2.25. The van der Waals surface area contributed by atoms with E-state index in [-0.39, 0.29) is 0 Å². The molecular weight excluding hydrogens is 272 g/mol. The van der Waals surface area contributed by atoms with Crippen LogP contribution in [0.2, 0.25) is 0 Å². The number of aromatic nitrogens is 1. The summed E-state index contributed by atoms with van der Waals surface area (Å²) in [6.07, 6.45) is 2.98. The Morgan fingerprint density at radius 1 is 1.36 bits per heavy atom. The molecule has 1 aliphatic heterocycles. The number of piperidine rings is 1. The van der Waals surface area contributed by atoms with Crippen molar-refractivity contribution in [3.05, 3.63) is 36.0 Å². The summed E-state index contributed by atoms with van der Waals surface area (Å²) in [4.78, 5) is 6.85. The summed E-state index contributed by atoms with van der Waals surface area (Å²) in [5.41, 5.74) is 2.64. The second-order valence-corrected chi connectivity index (χ2v) is 6.14. The van der Waals surface area contributed by atoms with Crippen LogP contribution in [0.15, 0.2) is 30.5 Å². The number of fused-ring (bicyclic) bond motifs is 1. The summed E-state index contributed by atoms with van der Waals surface area (Å²) < 4.78 is 0. The van der Waals surface area contributed by atoms with Gasteiger partial charge in [0.15, 0.2) is 0 Å². The van der Waals surface area contributed by atoms with Crippen LogP contribution in [0.4, 0.5) is 5.69 Å². The molecule has 0 amide bonds. The van der Waals surface area contributed by atoms with Gasteiger partial charge in [0.05, 0.1) is 11.1 Å².